The number of halogens is 2. The molecule has 0 saturated heterocycles. The molecule has 0 aliphatic heterocycles. The summed E-state index contributed by atoms with van der Waals surface area (Å²) in [5.74, 6) is 0. The first-order chi connectivity index (χ1) is 21.0. The number of fused-ring (bicyclic) bond motifs is 2. The van der Waals surface area contributed by atoms with Gasteiger partial charge >= 0.3 is 21.7 Å². The van der Waals surface area contributed by atoms with Crippen molar-refractivity contribution < 1.29 is 46.5 Å². The Balaban J connectivity index is 0.000000400. The molecule has 0 amide bonds. The minimum absolute atomic E-state index is 0. The zero-order chi connectivity index (χ0) is 30.6. The summed E-state index contributed by atoms with van der Waals surface area (Å²) in [6, 6.07) is 40.6. The molecule has 0 atom stereocenters. The molecule has 0 heterocycles. The fourth-order valence-electron chi connectivity index (χ4n) is 5.78. The van der Waals surface area contributed by atoms with Crippen LogP contribution in [0, 0.1) is 13.8 Å². The average molecular weight is 684 g/mol. The van der Waals surface area contributed by atoms with Gasteiger partial charge in [0.15, 0.2) is 0 Å². The van der Waals surface area contributed by atoms with E-state index in [1.54, 1.807) is 0 Å². The maximum atomic E-state index is 3.38. The molecule has 0 aromatic heterocycles. The van der Waals surface area contributed by atoms with Crippen LogP contribution in [-0.2, 0) is 47.4 Å². The molecule has 0 unspecified atom stereocenters. The van der Waals surface area contributed by atoms with Crippen LogP contribution in [0.3, 0.4) is 0 Å². The van der Waals surface area contributed by atoms with Gasteiger partial charge in [0, 0.05) is 0 Å². The van der Waals surface area contributed by atoms with Gasteiger partial charge < -0.3 is 45.1 Å². The van der Waals surface area contributed by atoms with Gasteiger partial charge in [0.2, 0.25) is 0 Å². The van der Waals surface area contributed by atoms with Gasteiger partial charge in [-0.1, -0.05) is 112 Å². The zero-order valence-corrected chi connectivity index (χ0v) is 31.1. The molecule has 0 aliphatic rings. The topological polar surface area (TPSA) is 0 Å². The van der Waals surface area contributed by atoms with Crippen molar-refractivity contribution in [3.63, 3.8) is 0 Å². The molecule has 46 heavy (non-hydrogen) atoms. The Labute approximate surface area is 306 Å². The van der Waals surface area contributed by atoms with Crippen molar-refractivity contribution in [3.05, 3.63) is 145 Å². The van der Waals surface area contributed by atoms with Gasteiger partial charge in [-0.25, -0.2) is 0 Å². The zero-order valence-electron chi connectivity index (χ0n) is 28.0. The summed E-state index contributed by atoms with van der Waals surface area (Å²) >= 11 is 0. The van der Waals surface area contributed by atoms with Gasteiger partial charge in [0.05, 0.1) is 0 Å². The molecule has 6 aromatic carbocycles. The van der Waals surface area contributed by atoms with Crippen LogP contribution >= 0.6 is 0 Å². The van der Waals surface area contributed by atoms with E-state index >= 15 is 0 Å². The normalized spacial score (nSPS) is 10.0. The SMILES string of the molecule is CCCc1ccc(-c2cccc3[cH-]c(CC)cc23)cc1.CCCc1ccc(-c2cccc3[cH-]c(CC)cc23)cc1.[CH2-]C[CH2-].[Cl-].[Cl-].[Ti+2]. The number of hydrogen-bond acceptors (Lipinski definition) is 0. The van der Waals surface area contributed by atoms with Crippen LogP contribution in [0.5, 0.6) is 0 Å². The van der Waals surface area contributed by atoms with Crippen LogP contribution in [0.25, 0.3) is 43.8 Å². The van der Waals surface area contributed by atoms with E-state index in [-0.39, 0.29) is 46.5 Å². The maximum absolute atomic E-state index is 3.38. The molecule has 0 bridgehead atoms. The molecule has 0 aliphatic carbocycles. The Bertz CT molecular complexity index is 1560. The molecule has 0 spiro atoms. The van der Waals surface area contributed by atoms with Gasteiger partial charge in [0.25, 0.3) is 0 Å². The Morgan fingerprint density at radius 3 is 1.17 bits per heavy atom. The van der Waals surface area contributed by atoms with Crippen molar-refractivity contribution in [2.45, 2.75) is 72.6 Å². The Morgan fingerprint density at radius 1 is 0.522 bits per heavy atom. The first kappa shape index (κ1) is 41.4. The molecule has 0 radical (unpaired) electrons. The minimum Gasteiger partial charge on any atom is -1.00 e. The standard InChI is InChI=1S/2C20H21.C3H6.2ClH.Ti/c2*1-3-6-16-9-11-17(12-10-16)19-8-5-7-18-13-15(4-2)14-20(18)19;1-3-2;;;/h2*5,7-14H,3-4,6H2,1-2H3;1-3H2;2*1H;/q2*-1;-2;;;+2/p-2. The fraction of sp³-hybridized carbons (Fsp3) is 0.256. The van der Waals surface area contributed by atoms with Gasteiger partial charge in [-0.15, -0.1) is 69.1 Å². The van der Waals surface area contributed by atoms with Crippen molar-refractivity contribution in [2.75, 3.05) is 0 Å². The summed E-state index contributed by atoms with van der Waals surface area (Å²) in [6.07, 6.45) is 7.70. The average Bonchev–Trinajstić information content (AvgIpc) is 3.67. The molecule has 242 valence electrons. The number of hydrogen-bond donors (Lipinski definition) is 0. The van der Waals surface area contributed by atoms with Crippen molar-refractivity contribution in [1.29, 1.82) is 0 Å². The monoisotopic (exact) mass is 682 g/mol. The van der Waals surface area contributed by atoms with Gasteiger partial charge in [-0.05, 0) is 47.9 Å². The number of benzene rings is 4. The largest absolute Gasteiger partial charge is 2.00 e. The Kier molecular flexibility index (Phi) is 19.2. The summed E-state index contributed by atoms with van der Waals surface area (Å²) in [5.41, 5.74) is 11.1. The van der Waals surface area contributed by atoms with E-state index in [1.165, 1.54) is 91.7 Å². The molecule has 3 heteroatoms. The van der Waals surface area contributed by atoms with Crippen LogP contribution in [0.1, 0.15) is 69.2 Å². The molecule has 0 N–H and O–H groups in total. The Hall–Kier alpha value is -2.61. The second-order valence-corrected chi connectivity index (χ2v) is 11.3. The fourth-order valence-corrected chi connectivity index (χ4v) is 5.78. The van der Waals surface area contributed by atoms with Crippen LogP contribution in [-0.4, -0.2) is 0 Å². The van der Waals surface area contributed by atoms with E-state index in [1.807, 2.05) is 0 Å². The second-order valence-electron chi connectivity index (χ2n) is 11.3. The number of rotatable bonds is 8. The Morgan fingerprint density at radius 2 is 0.870 bits per heavy atom. The summed E-state index contributed by atoms with van der Waals surface area (Å²) < 4.78 is 0. The van der Waals surface area contributed by atoms with E-state index in [2.05, 4.69) is 151 Å². The van der Waals surface area contributed by atoms with Crippen LogP contribution in [0.2, 0.25) is 0 Å². The van der Waals surface area contributed by atoms with Crippen LogP contribution in [0.4, 0.5) is 0 Å². The van der Waals surface area contributed by atoms with Gasteiger partial charge in [-0.2, -0.15) is 12.1 Å². The second kappa shape index (κ2) is 21.3. The third kappa shape index (κ3) is 10.7. The third-order valence-corrected chi connectivity index (χ3v) is 8.04. The molecular formula is C43H48Cl2Ti-4. The van der Waals surface area contributed by atoms with Crippen molar-refractivity contribution in [1.82, 2.24) is 0 Å². The first-order valence-corrected chi connectivity index (χ1v) is 16.2. The van der Waals surface area contributed by atoms with E-state index in [0.29, 0.717) is 0 Å². The first-order valence-electron chi connectivity index (χ1n) is 16.2. The predicted octanol–water partition coefficient (Wildman–Crippen LogP) is 6.53. The molecule has 0 fully saturated rings. The maximum Gasteiger partial charge on any atom is 2.00 e. The molecule has 0 saturated carbocycles. The predicted molar refractivity (Wildman–Crippen MR) is 192 cm³/mol. The summed E-state index contributed by atoms with van der Waals surface area (Å²) in [6.45, 7) is 15.6. The molecule has 0 nitrogen and oxygen atoms in total. The number of aryl methyl sites for hydroxylation is 4. The van der Waals surface area contributed by atoms with Crippen molar-refractivity contribution >= 4 is 21.5 Å². The van der Waals surface area contributed by atoms with E-state index in [9.17, 15) is 0 Å². The van der Waals surface area contributed by atoms with Gasteiger partial charge in [0.1, 0.15) is 0 Å². The summed E-state index contributed by atoms with van der Waals surface area (Å²) in [7, 11) is 0. The summed E-state index contributed by atoms with van der Waals surface area (Å²) in [5, 5.41) is 5.48. The van der Waals surface area contributed by atoms with Crippen LogP contribution in [0.15, 0.2) is 109 Å². The quantitative estimate of drug-likeness (QED) is 0.127. The summed E-state index contributed by atoms with van der Waals surface area (Å²) in [4.78, 5) is 0. The van der Waals surface area contributed by atoms with Gasteiger partial charge in [-0.3, -0.25) is 0 Å². The van der Waals surface area contributed by atoms with E-state index < -0.39 is 0 Å². The molecule has 6 aromatic rings. The van der Waals surface area contributed by atoms with E-state index in [0.717, 1.165) is 19.3 Å². The van der Waals surface area contributed by atoms with Crippen molar-refractivity contribution in [3.8, 4) is 22.3 Å². The van der Waals surface area contributed by atoms with Crippen molar-refractivity contribution in [2.24, 2.45) is 0 Å². The smallest absolute Gasteiger partial charge is 1.00 e. The molecule has 6 rings (SSSR count). The van der Waals surface area contributed by atoms with Crippen LogP contribution < -0.4 is 24.8 Å². The minimum atomic E-state index is 0. The molecular weight excluding hydrogens is 635 g/mol. The third-order valence-electron chi connectivity index (χ3n) is 8.04. The van der Waals surface area contributed by atoms with E-state index in [4.69, 9.17) is 0 Å².